The van der Waals surface area contributed by atoms with Gasteiger partial charge in [-0.25, -0.2) is 0 Å². The molecule has 3 aromatic carbocycles. The SMILES string of the molecule is CCOc1ccc(Oc2ccccc2NC(=O)Cc2ccc(N3CCCC3=O)cc2)cc1. The second-order valence-corrected chi connectivity index (χ2v) is 7.54. The first-order valence-corrected chi connectivity index (χ1v) is 10.8. The van der Waals surface area contributed by atoms with Gasteiger partial charge in [-0.2, -0.15) is 0 Å². The van der Waals surface area contributed by atoms with Crippen molar-refractivity contribution in [2.24, 2.45) is 0 Å². The second-order valence-electron chi connectivity index (χ2n) is 7.54. The van der Waals surface area contributed by atoms with Crippen molar-refractivity contribution < 1.29 is 19.1 Å². The highest BCUT2D eigenvalue weighted by Gasteiger charge is 2.21. The third-order valence-corrected chi connectivity index (χ3v) is 5.21. The Kier molecular flexibility index (Phi) is 6.70. The Hall–Kier alpha value is -3.80. The summed E-state index contributed by atoms with van der Waals surface area (Å²) in [6.07, 6.45) is 1.72. The number of hydrogen-bond acceptors (Lipinski definition) is 4. The molecule has 4 rings (SSSR count). The van der Waals surface area contributed by atoms with E-state index in [1.54, 1.807) is 4.90 Å². The normalized spacial score (nSPS) is 13.2. The van der Waals surface area contributed by atoms with E-state index in [-0.39, 0.29) is 18.2 Å². The number of nitrogens with zero attached hydrogens (tertiary/aromatic N) is 1. The number of hydrogen-bond donors (Lipinski definition) is 1. The van der Waals surface area contributed by atoms with E-state index in [0.717, 1.165) is 30.0 Å². The first-order valence-electron chi connectivity index (χ1n) is 10.8. The minimum absolute atomic E-state index is 0.141. The van der Waals surface area contributed by atoms with Crippen LogP contribution >= 0.6 is 0 Å². The smallest absolute Gasteiger partial charge is 0.228 e. The molecule has 1 heterocycles. The lowest BCUT2D eigenvalue weighted by molar-refractivity contribution is -0.117. The fraction of sp³-hybridized carbons (Fsp3) is 0.231. The van der Waals surface area contributed by atoms with Crippen molar-refractivity contribution in [3.8, 4) is 17.2 Å². The van der Waals surface area contributed by atoms with E-state index in [0.29, 0.717) is 30.2 Å². The van der Waals surface area contributed by atoms with Gasteiger partial charge in [-0.1, -0.05) is 24.3 Å². The van der Waals surface area contributed by atoms with Crippen LogP contribution in [-0.2, 0) is 16.0 Å². The number of anilines is 2. The Morgan fingerprint density at radius 2 is 1.69 bits per heavy atom. The lowest BCUT2D eigenvalue weighted by Crippen LogP contribution is -2.23. The predicted octanol–water partition coefficient (Wildman–Crippen LogP) is 5.19. The molecule has 32 heavy (non-hydrogen) atoms. The number of benzene rings is 3. The quantitative estimate of drug-likeness (QED) is 0.534. The van der Waals surface area contributed by atoms with E-state index in [1.165, 1.54) is 0 Å². The average molecular weight is 431 g/mol. The Labute approximate surface area is 187 Å². The summed E-state index contributed by atoms with van der Waals surface area (Å²) in [7, 11) is 0. The zero-order valence-corrected chi connectivity index (χ0v) is 18.0. The maximum atomic E-state index is 12.6. The van der Waals surface area contributed by atoms with Crippen LogP contribution < -0.4 is 19.7 Å². The summed E-state index contributed by atoms with van der Waals surface area (Å²) in [4.78, 5) is 26.3. The molecule has 1 fully saturated rings. The number of nitrogens with one attached hydrogen (secondary N) is 1. The molecule has 0 bridgehead atoms. The summed E-state index contributed by atoms with van der Waals surface area (Å²) in [5, 5.41) is 2.93. The highest BCUT2D eigenvalue weighted by Crippen LogP contribution is 2.30. The Morgan fingerprint density at radius 1 is 0.969 bits per heavy atom. The number of ether oxygens (including phenoxy) is 2. The van der Waals surface area contributed by atoms with Crippen molar-refractivity contribution in [3.05, 3.63) is 78.4 Å². The summed E-state index contributed by atoms with van der Waals surface area (Å²) in [5.74, 6) is 2.01. The molecule has 1 aliphatic heterocycles. The summed E-state index contributed by atoms with van der Waals surface area (Å²) < 4.78 is 11.4. The predicted molar refractivity (Wildman–Crippen MR) is 124 cm³/mol. The van der Waals surface area contributed by atoms with E-state index in [1.807, 2.05) is 79.7 Å². The van der Waals surface area contributed by atoms with Crippen molar-refractivity contribution in [1.82, 2.24) is 0 Å². The van der Waals surface area contributed by atoms with Crippen molar-refractivity contribution in [3.63, 3.8) is 0 Å². The zero-order valence-electron chi connectivity index (χ0n) is 18.0. The Balaban J connectivity index is 1.38. The van der Waals surface area contributed by atoms with Crippen LogP contribution in [0.2, 0.25) is 0 Å². The van der Waals surface area contributed by atoms with E-state index in [4.69, 9.17) is 9.47 Å². The van der Waals surface area contributed by atoms with E-state index in [9.17, 15) is 9.59 Å². The molecule has 1 saturated heterocycles. The number of amides is 2. The lowest BCUT2D eigenvalue weighted by Gasteiger charge is -2.16. The molecule has 0 aromatic heterocycles. The maximum absolute atomic E-state index is 12.6. The molecule has 3 aromatic rings. The van der Waals surface area contributed by atoms with Crippen LogP contribution in [0.15, 0.2) is 72.8 Å². The largest absolute Gasteiger partial charge is 0.494 e. The molecular weight excluding hydrogens is 404 g/mol. The maximum Gasteiger partial charge on any atom is 0.228 e. The third-order valence-electron chi connectivity index (χ3n) is 5.21. The molecule has 6 heteroatoms. The van der Waals surface area contributed by atoms with Gasteiger partial charge in [-0.3, -0.25) is 9.59 Å². The number of rotatable bonds is 8. The molecule has 1 N–H and O–H groups in total. The molecule has 1 aliphatic rings. The van der Waals surface area contributed by atoms with Gasteiger partial charge < -0.3 is 19.7 Å². The highest BCUT2D eigenvalue weighted by molar-refractivity contribution is 5.96. The zero-order chi connectivity index (χ0) is 22.3. The van der Waals surface area contributed by atoms with E-state index < -0.39 is 0 Å². The van der Waals surface area contributed by atoms with Gasteiger partial charge >= 0.3 is 0 Å². The minimum Gasteiger partial charge on any atom is -0.494 e. The molecule has 2 amide bonds. The first kappa shape index (κ1) is 21.4. The minimum atomic E-state index is -0.141. The van der Waals surface area contributed by atoms with Gasteiger partial charge in [0, 0.05) is 18.7 Å². The highest BCUT2D eigenvalue weighted by atomic mass is 16.5. The van der Waals surface area contributed by atoms with E-state index in [2.05, 4.69) is 5.32 Å². The summed E-state index contributed by atoms with van der Waals surface area (Å²) in [6.45, 7) is 3.30. The molecular formula is C26H26N2O4. The molecule has 0 atom stereocenters. The van der Waals surface area contributed by atoms with Crippen LogP contribution in [0.25, 0.3) is 0 Å². The van der Waals surface area contributed by atoms with Gasteiger partial charge in [0.15, 0.2) is 5.75 Å². The summed E-state index contributed by atoms with van der Waals surface area (Å²) in [5.41, 5.74) is 2.36. The summed E-state index contributed by atoms with van der Waals surface area (Å²) in [6, 6.07) is 22.3. The Morgan fingerprint density at radius 3 is 2.38 bits per heavy atom. The van der Waals surface area contributed by atoms with Crippen LogP contribution in [0.4, 0.5) is 11.4 Å². The molecule has 6 nitrogen and oxygen atoms in total. The van der Waals surface area contributed by atoms with Crippen LogP contribution in [-0.4, -0.2) is 25.0 Å². The van der Waals surface area contributed by atoms with Gasteiger partial charge in [0.05, 0.1) is 18.7 Å². The third kappa shape index (κ3) is 5.27. The van der Waals surface area contributed by atoms with Gasteiger partial charge in [-0.05, 0) is 67.4 Å². The van der Waals surface area contributed by atoms with Crippen LogP contribution in [0.3, 0.4) is 0 Å². The number of carbonyl (C=O) groups is 2. The topological polar surface area (TPSA) is 67.9 Å². The van der Waals surface area contributed by atoms with Gasteiger partial charge in [0.25, 0.3) is 0 Å². The van der Waals surface area contributed by atoms with Crippen molar-refractivity contribution in [1.29, 1.82) is 0 Å². The molecule has 0 spiro atoms. The fourth-order valence-corrected chi connectivity index (χ4v) is 3.65. The molecule has 0 radical (unpaired) electrons. The van der Waals surface area contributed by atoms with Crippen LogP contribution in [0.1, 0.15) is 25.3 Å². The lowest BCUT2D eigenvalue weighted by atomic mass is 10.1. The van der Waals surface area contributed by atoms with Crippen molar-refractivity contribution >= 4 is 23.2 Å². The average Bonchev–Trinajstić information content (AvgIpc) is 3.23. The van der Waals surface area contributed by atoms with Crippen LogP contribution in [0.5, 0.6) is 17.2 Å². The van der Waals surface area contributed by atoms with E-state index >= 15 is 0 Å². The summed E-state index contributed by atoms with van der Waals surface area (Å²) >= 11 is 0. The number of para-hydroxylation sites is 2. The molecule has 0 aliphatic carbocycles. The molecule has 0 saturated carbocycles. The van der Waals surface area contributed by atoms with Gasteiger partial charge in [-0.15, -0.1) is 0 Å². The first-order chi connectivity index (χ1) is 15.6. The monoisotopic (exact) mass is 430 g/mol. The van der Waals surface area contributed by atoms with Crippen molar-refractivity contribution in [2.45, 2.75) is 26.2 Å². The van der Waals surface area contributed by atoms with Gasteiger partial charge in [0.1, 0.15) is 11.5 Å². The number of carbonyl (C=O) groups excluding carboxylic acids is 2. The second kappa shape index (κ2) is 10.0. The van der Waals surface area contributed by atoms with Crippen LogP contribution in [0, 0.1) is 0 Å². The van der Waals surface area contributed by atoms with Crippen molar-refractivity contribution in [2.75, 3.05) is 23.4 Å². The molecule has 164 valence electrons. The molecule has 0 unspecified atom stereocenters. The Bertz CT molecular complexity index is 1080. The standard InChI is InChI=1S/C26H26N2O4/c1-2-31-21-13-15-22(16-14-21)32-24-7-4-3-6-23(24)27-25(29)18-19-9-11-20(12-10-19)28-17-5-8-26(28)30/h3-4,6-7,9-16H,2,5,8,17-18H2,1H3,(H,27,29). The fourth-order valence-electron chi connectivity index (χ4n) is 3.65. The van der Waals surface area contributed by atoms with Gasteiger partial charge in [0.2, 0.25) is 11.8 Å².